The summed E-state index contributed by atoms with van der Waals surface area (Å²) in [6.07, 6.45) is 53.3. The number of rotatable bonds is 45. The predicted octanol–water partition coefficient (Wildman–Crippen LogP) is 15.6. The van der Waals surface area contributed by atoms with Crippen molar-refractivity contribution >= 4 is 5.97 Å². The molecule has 4 heteroatoms. The third-order valence-corrected chi connectivity index (χ3v) is 10.9. The van der Waals surface area contributed by atoms with Crippen molar-refractivity contribution in [3.8, 4) is 0 Å². The number of aliphatic hydroxyl groups is 1. The third kappa shape index (κ3) is 43.7. The second-order valence-electron chi connectivity index (χ2n) is 16.2. The minimum atomic E-state index is -0.525. The normalized spacial score (nSPS) is 12.1. The Bertz CT molecular complexity index is 638. The minimum absolute atomic E-state index is 0.163. The van der Waals surface area contributed by atoms with Crippen LogP contribution in [0.4, 0.5) is 0 Å². The smallest absolute Gasteiger partial charge is 0.306 e. The lowest BCUT2D eigenvalue weighted by molar-refractivity contribution is -0.154. The number of carbonyl (C=O) groups is 1. The van der Waals surface area contributed by atoms with Crippen molar-refractivity contribution in [3.05, 3.63) is 0 Å². The van der Waals surface area contributed by atoms with Gasteiger partial charge in [-0.1, -0.05) is 251 Å². The van der Waals surface area contributed by atoms with E-state index in [1.165, 1.54) is 231 Å². The zero-order valence-corrected chi connectivity index (χ0v) is 35.2. The second kappa shape index (κ2) is 45.5. The molecular formula is C47H94O4. The lowest BCUT2D eigenvalue weighted by Gasteiger charge is -2.16. The molecule has 0 bridgehead atoms. The summed E-state index contributed by atoms with van der Waals surface area (Å²) in [5.41, 5.74) is 0. The van der Waals surface area contributed by atoms with Gasteiger partial charge in [0.15, 0.2) is 0 Å². The highest BCUT2D eigenvalue weighted by Crippen LogP contribution is 2.17. The molecule has 0 heterocycles. The van der Waals surface area contributed by atoms with Crippen LogP contribution in [0.5, 0.6) is 0 Å². The summed E-state index contributed by atoms with van der Waals surface area (Å²) in [4.78, 5) is 12.2. The van der Waals surface area contributed by atoms with Gasteiger partial charge in [-0.25, -0.2) is 0 Å². The highest BCUT2D eigenvalue weighted by atomic mass is 16.6. The quantitative estimate of drug-likeness (QED) is 0.0502. The van der Waals surface area contributed by atoms with Crippen LogP contribution >= 0.6 is 0 Å². The SMILES string of the molecule is CCCCCCCCCCCCCCCCCCCCCCCCCOCC(CO)OC(=O)CCCCCCCCCCCCCCCCCC. The fourth-order valence-electron chi connectivity index (χ4n) is 7.39. The van der Waals surface area contributed by atoms with Crippen LogP contribution in [0.25, 0.3) is 0 Å². The van der Waals surface area contributed by atoms with E-state index in [1.807, 2.05) is 0 Å². The summed E-state index contributed by atoms with van der Waals surface area (Å²) in [6.45, 7) is 5.41. The Morgan fingerprint density at radius 1 is 0.392 bits per heavy atom. The summed E-state index contributed by atoms with van der Waals surface area (Å²) in [5.74, 6) is -0.192. The van der Waals surface area contributed by atoms with Gasteiger partial charge < -0.3 is 14.6 Å². The van der Waals surface area contributed by atoms with E-state index < -0.39 is 6.10 Å². The fourth-order valence-corrected chi connectivity index (χ4v) is 7.39. The van der Waals surface area contributed by atoms with Gasteiger partial charge >= 0.3 is 5.97 Å². The van der Waals surface area contributed by atoms with Crippen molar-refractivity contribution < 1.29 is 19.4 Å². The molecule has 1 unspecified atom stereocenters. The van der Waals surface area contributed by atoms with Crippen molar-refractivity contribution in [2.45, 2.75) is 277 Å². The number of hydrogen-bond donors (Lipinski definition) is 1. The number of unbranched alkanes of at least 4 members (excludes halogenated alkanes) is 37. The topological polar surface area (TPSA) is 55.8 Å². The average Bonchev–Trinajstić information content (AvgIpc) is 3.14. The van der Waals surface area contributed by atoms with Crippen LogP contribution in [-0.2, 0) is 14.3 Å². The second-order valence-corrected chi connectivity index (χ2v) is 16.2. The maximum Gasteiger partial charge on any atom is 0.306 e. The number of aliphatic hydroxyl groups excluding tert-OH is 1. The third-order valence-electron chi connectivity index (χ3n) is 10.9. The largest absolute Gasteiger partial charge is 0.457 e. The number of ether oxygens (including phenoxy) is 2. The Kier molecular flexibility index (Phi) is 45.0. The molecule has 0 spiro atoms. The molecule has 0 saturated heterocycles. The summed E-state index contributed by atoms with van der Waals surface area (Å²) >= 11 is 0. The lowest BCUT2D eigenvalue weighted by Crippen LogP contribution is -2.27. The number of hydrogen-bond acceptors (Lipinski definition) is 4. The molecule has 0 aromatic carbocycles. The molecule has 1 N–H and O–H groups in total. The van der Waals surface area contributed by atoms with E-state index in [4.69, 9.17) is 9.47 Å². The van der Waals surface area contributed by atoms with Gasteiger partial charge in [0.1, 0.15) is 6.10 Å². The Labute approximate surface area is 321 Å². The maximum atomic E-state index is 12.2. The molecule has 4 nitrogen and oxygen atoms in total. The van der Waals surface area contributed by atoms with Gasteiger partial charge in [0, 0.05) is 13.0 Å². The first kappa shape index (κ1) is 50.4. The maximum absolute atomic E-state index is 12.2. The van der Waals surface area contributed by atoms with Crippen LogP contribution in [0.1, 0.15) is 271 Å². The van der Waals surface area contributed by atoms with Crippen LogP contribution in [0, 0.1) is 0 Å². The van der Waals surface area contributed by atoms with Crippen molar-refractivity contribution in [2.75, 3.05) is 19.8 Å². The summed E-state index contributed by atoms with van der Waals surface area (Å²) < 4.78 is 11.2. The minimum Gasteiger partial charge on any atom is -0.457 e. The van der Waals surface area contributed by atoms with E-state index >= 15 is 0 Å². The molecule has 306 valence electrons. The number of esters is 1. The molecule has 0 aromatic rings. The first-order chi connectivity index (χ1) is 25.2. The van der Waals surface area contributed by atoms with Gasteiger partial charge in [0.2, 0.25) is 0 Å². The molecular weight excluding hydrogens is 629 g/mol. The molecule has 0 aliphatic heterocycles. The van der Waals surface area contributed by atoms with Crippen molar-refractivity contribution in [1.82, 2.24) is 0 Å². The summed E-state index contributed by atoms with van der Waals surface area (Å²) in [7, 11) is 0. The molecule has 0 aromatic heterocycles. The molecule has 0 radical (unpaired) electrons. The Morgan fingerprint density at radius 3 is 0.922 bits per heavy atom. The fraction of sp³-hybridized carbons (Fsp3) is 0.979. The highest BCUT2D eigenvalue weighted by Gasteiger charge is 2.13. The highest BCUT2D eigenvalue weighted by molar-refractivity contribution is 5.69. The van der Waals surface area contributed by atoms with E-state index in [0.717, 1.165) is 19.3 Å². The van der Waals surface area contributed by atoms with E-state index in [9.17, 15) is 9.90 Å². The van der Waals surface area contributed by atoms with E-state index in [-0.39, 0.29) is 12.6 Å². The molecule has 0 fully saturated rings. The van der Waals surface area contributed by atoms with E-state index in [1.54, 1.807) is 0 Å². The first-order valence-corrected chi connectivity index (χ1v) is 23.6. The van der Waals surface area contributed by atoms with E-state index in [2.05, 4.69) is 13.8 Å². The predicted molar refractivity (Wildman–Crippen MR) is 224 cm³/mol. The van der Waals surface area contributed by atoms with Crippen molar-refractivity contribution in [1.29, 1.82) is 0 Å². The summed E-state index contributed by atoms with van der Waals surface area (Å²) in [5, 5.41) is 9.62. The molecule has 0 aliphatic carbocycles. The molecule has 0 rings (SSSR count). The van der Waals surface area contributed by atoms with E-state index in [0.29, 0.717) is 19.6 Å². The van der Waals surface area contributed by atoms with Gasteiger partial charge in [-0.3, -0.25) is 4.79 Å². The standard InChI is InChI=1S/C47H94O4/c1-3-5-7-9-11-13-15-17-19-21-22-23-24-25-26-27-29-31-33-35-37-39-41-43-50-45-46(44-48)51-47(49)42-40-38-36-34-32-30-28-20-18-16-14-12-10-8-6-4-2/h46,48H,3-45H2,1-2H3. The van der Waals surface area contributed by atoms with Crippen molar-refractivity contribution in [2.24, 2.45) is 0 Å². The van der Waals surface area contributed by atoms with Gasteiger partial charge in [0.05, 0.1) is 13.2 Å². The Morgan fingerprint density at radius 2 is 0.647 bits per heavy atom. The summed E-state index contributed by atoms with van der Waals surface area (Å²) in [6, 6.07) is 0. The van der Waals surface area contributed by atoms with Crippen LogP contribution in [0.2, 0.25) is 0 Å². The Balaban J connectivity index is 3.32. The molecule has 1 atom stereocenters. The van der Waals surface area contributed by atoms with Crippen LogP contribution in [0.3, 0.4) is 0 Å². The van der Waals surface area contributed by atoms with Crippen LogP contribution < -0.4 is 0 Å². The first-order valence-electron chi connectivity index (χ1n) is 23.6. The molecule has 0 amide bonds. The van der Waals surface area contributed by atoms with Gasteiger partial charge in [-0.2, -0.15) is 0 Å². The molecule has 51 heavy (non-hydrogen) atoms. The molecule has 0 aliphatic rings. The van der Waals surface area contributed by atoms with Gasteiger partial charge in [0.25, 0.3) is 0 Å². The monoisotopic (exact) mass is 723 g/mol. The Hall–Kier alpha value is -0.610. The number of carbonyl (C=O) groups excluding carboxylic acids is 1. The van der Waals surface area contributed by atoms with Crippen LogP contribution in [0.15, 0.2) is 0 Å². The lowest BCUT2D eigenvalue weighted by atomic mass is 10.0. The van der Waals surface area contributed by atoms with Gasteiger partial charge in [-0.05, 0) is 12.8 Å². The van der Waals surface area contributed by atoms with Gasteiger partial charge in [-0.15, -0.1) is 0 Å². The zero-order valence-electron chi connectivity index (χ0n) is 35.2. The zero-order chi connectivity index (χ0) is 37.0. The molecule has 0 saturated carbocycles. The van der Waals surface area contributed by atoms with Crippen molar-refractivity contribution in [3.63, 3.8) is 0 Å². The average molecular weight is 723 g/mol. The van der Waals surface area contributed by atoms with Crippen LogP contribution in [-0.4, -0.2) is 37.0 Å².